The summed E-state index contributed by atoms with van der Waals surface area (Å²) in [6, 6.07) is 7.14. The number of nitrogens with one attached hydrogen (secondary N) is 4. The summed E-state index contributed by atoms with van der Waals surface area (Å²) in [6.07, 6.45) is -2.76. The molecule has 3 unspecified atom stereocenters. The highest BCUT2D eigenvalue weighted by atomic mass is 16.6. The SMILES string of the molecule is NC1NC(=O)C2N=CN([C@@H]3O[C@H](COC(=O)NCCc4c[nH]c5ccccc45)[C@@H](O)[C@H]3O)C2N1. The molecule has 2 fully saturated rings. The van der Waals surface area contributed by atoms with Crippen molar-refractivity contribution >= 4 is 29.2 Å². The Balaban J connectivity index is 1.11. The van der Waals surface area contributed by atoms with Gasteiger partial charge < -0.3 is 40.2 Å². The molecule has 8 N–H and O–H groups in total. The number of carbonyl (C=O) groups is 2. The fourth-order valence-corrected chi connectivity index (χ4v) is 4.50. The molecular formula is C21H27N7O6. The molecule has 34 heavy (non-hydrogen) atoms. The number of benzene rings is 1. The molecule has 0 radical (unpaired) electrons. The first-order chi connectivity index (χ1) is 16.4. The van der Waals surface area contributed by atoms with Gasteiger partial charge in [0.1, 0.15) is 37.4 Å². The molecule has 2 amide bonds. The van der Waals surface area contributed by atoms with Crippen LogP contribution in [0.4, 0.5) is 4.79 Å². The van der Waals surface area contributed by atoms with Crippen molar-refractivity contribution in [3.63, 3.8) is 0 Å². The van der Waals surface area contributed by atoms with Crippen LogP contribution in [-0.2, 0) is 20.7 Å². The van der Waals surface area contributed by atoms with Crippen molar-refractivity contribution in [1.82, 2.24) is 25.8 Å². The molecule has 1 aromatic heterocycles. The topological polar surface area (TPSA) is 187 Å². The highest BCUT2D eigenvalue weighted by molar-refractivity contribution is 5.87. The summed E-state index contributed by atoms with van der Waals surface area (Å²) >= 11 is 0. The molecule has 5 rings (SSSR count). The van der Waals surface area contributed by atoms with Gasteiger partial charge in [0, 0.05) is 23.6 Å². The Labute approximate surface area is 194 Å². The van der Waals surface area contributed by atoms with E-state index in [-0.39, 0.29) is 12.5 Å². The summed E-state index contributed by atoms with van der Waals surface area (Å²) < 4.78 is 11.0. The number of aromatic nitrogens is 1. The second-order valence-electron chi connectivity index (χ2n) is 8.44. The number of rotatable bonds is 6. The lowest BCUT2D eigenvalue weighted by Gasteiger charge is -2.38. The summed E-state index contributed by atoms with van der Waals surface area (Å²) in [5.41, 5.74) is 7.87. The van der Waals surface area contributed by atoms with E-state index >= 15 is 0 Å². The third-order valence-corrected chi connectivity index (χ3v) is 6.25. The number of H-pyrrole nitrogens is 1. The Hall–Kier alpha value is -3.23. The number of aliphatic imine (C=N–C) groups is 1. The van der Waals surface area contributed by atoms with E-state index in [1.165, 1.54) is 11.2 Å². The Bertz CT molecular complexity index is 1090. The molecule has 7 atom stereocenters. The van der Waals surface area contributed by atoms with Crippen LogP contribution >= 0.6 is 0 Å². The first-order valence-electron chi connectivity index (χ1n) is 11.0. The Kier molecular flexibility index (Phi) is 6.10. The standard InChI is InChI=1S/C21H27N7O6/c22-20-26-17-14(18(31)27-20)25-9-28(17)19-16(30)15(29)13(34-19)8-33-21(32)23-6-5-10-7-24-12-4-2-1-3-11(10)12/h1-4,7,9,13-17,19-20,24,26,29-30H,5-6,8,22H2,(H,23,32)(H,27,31)/t13-,14?,15-,16-,17?,19-,20?/m1/s1. The van der Waals surface area contributed by atoms with Crippen LogP contribution < -0.4 is 21.7 Å². The third-order valence-electron chi connectivity index (χ3n) is 6.25. The number of aromatic amines is 1. The van der Waals surface area contributed by atoms with E-state index in [1.807, 2.05) is 30.5 Å². The van der Waals surface area contributed by atoms with Gasteiger partial charge in [0.25, 0.3) is 5.91 Å². The van der Waals surface area contributed by atoms with E-state index < -0.39 is 49.1 Å². The van der Waals surface area contributed by atoms with Gasteiger partial charge >= 0.3 is 6.09 Å². The normalized spacial score (nSPS) is 32.6. The fourth-order valence-electron chi connectivity index (χ4n) is 4.50. The lowest BCUT2D eigenvalue weighted by Crippen LogP contribution is -2.70. The van der Waals surface area contributed by atoms with Crippen LogP contribution in [0.15, 0.2) is 35.5 Å². The number of ether oxygens (including phenoxy) is 2. The molecule has 13 heteroatoms. The van der Waals surface area contributed by atoms with Crippen molar-refractivity contribution < 1.29 is 29.3 Å². The molecule has 0 bridgehead atoms. The van der Waals surface area contributed by atoms with Gasteiger partial charge in [-0.2, -0.15) is 0 Å². The van der Waals surface area contributed by atoms with Crippen LogP contribution in [0.25, 0.3) is 10.9 Å². The number of nitrogens with two attached hydrogens (primary N) is 1. The maximum atomic E-state index is 12.1. The molecule has 0 spiro atoms. The average molecular weight is 473 g/mol. The molecule has 0 aliphatic carbocycles. The van der Waals surface area contributed by atoms with Crippen LogP contribution in [0, 0.1) is 0 Å². The van der Waals surface area contributed by atoms with Gasteiger partial charge in [-0.05, 0) is 18.1 Å². The van der Waals surface area contributed by atoms with E-state index in [0.717, 1.165) is 16.5 Å². The van der Waals surface area contributed by atoms with Crippen LogP contribution in [-0.4, -0.2) is 94.6 Å². The summed E-state index contributed by atoms with van der Waals surface area (Å²) in [4.78, 5) is 33.0. The van der Waals surface area contributed by atoms with Crippen molar-refractivity contribution in [2.75, 3.05) is 13.2 Å². The molecule has 3 aliphatic heterocycles. The average Bonchev–Trinajstić information content (AvgIpc) is 3.50. The zero-order valence-electron chi connectivity index (χ0n) is 18.1. The number of nitrogens with zero attached hydrogens (tertiary/aromatic N) is 2. The molecule has 2 aromatic rings. The zero-order chi connectivity index (χ0) is 23.8. The summed E-state index contributed by atoms with van der Waals surface area (Å²) in [6.45, 7) is 0.0987. The quantitative estimate of drug-likeness (QED) is 0.246. The summed E-state index contributed by atoms with van der Waals surface area (Å²) in [7, 11) is 0. The van der Waals surface area contributed by atoms with Crippen LogP contribution in [0.3, 0.4) is 0 Å². The number of fused-ring (bicyclic) bond motifs is 2. The first-order valence-corrected chi connectivity index (χ1v) is 11.0. The number of amides is 2. The molecule has 2 saturated heterocycles. The first kappa shape index (κ1) is 22.6. The minimum absolute atomic E-state index is 0.264. The number of aliphatic hydroxyl groups is 2. The number of alkyl carbamates (subject to hydrolysis) is 1. The summed E-state index contributed by atoms with van der Waals surface area (Å²) in [5, 5.41) is 30.2. The van der Waals surface area contributed by atoms with Gasteiger partial charge in [0.2, 0.25) is 0 Å². The van der Waals surface area contributed by atoms with Gasteiger partial charge in [-0.15, -0.1) is 0 Å². The van der Waals surface area contributed by atoms with Gasteiger partial charge in [-0.3, -0.25) is 20.8 Å². The lowest BCUT2D eigenvalue weighted by atomic mass is 10.1. The van der Waals surface area contributed by atoms with Gasteiger partial charge in [-0.25, -0.2) is 4.79 Å². The van der Waals surface area contributed by atoms with E-state index in [4.69, 9.17) is 15.2 Å². The van der Waals surface area contributed by atoms with Gasteiger partial charge in [-0.1, -0.05) is 18.2 Å². The van der Waals surface area contributed by atoms with E-state index in [9.17, 15) is 19.8 Å². The molecule has 182 valence electrons. The molecule has 0 saturated carbocycles. The van der Waals surface area contributed by atoms with E-state index in [0.29, 0.717) is 13.0 Å². The molecular weight excluding hydrogens is 446 g/mol. The molecule has 3 aliphatic rings. The number of hydrogen-bond acceptors (Lipinski definition) is 10. The summed E-state index contributed by atoms with van der Waals surface area (Å²) in [5.74, 6) is -0.354. The zero-order valence-corrected chi connectivity index (χ0v) is 18.1. The van der Waals surface area contributed by atoms with Crippen molar-refractivity contribution in [2.24, 2.45) is 10.7 Å². The van der Waals surface area contributed by atoms with E-state index in [2.05, 4.69) is 25.9 Å². The number of aliphatic hydroxyl groups excluding tert-OH is 2. The van der Waals surface area contributed by atoms with Crippen LogP contribution in [0.5, 0.6) is 0 Å². The molecule has 4 heterocycles. The largest absolute Gasteiger partial charge is 0.447 e. The fraction of sp³-hybridized carbons (Fsp3) is 0.476. The lowest BCUT2D eigenvalue weighted by molar-refractivity contribution is -0.130. The number of hydrogen-bond donors (Lipinski definition) is 7. The Morgan fingerprint density at radius 3 is 2.97 bits per heavy atom. The van der Waals surface area contributed by atoms with Crippen molar-refractivity contribution in [3.05, 3.63) is 36.0 Å². The van der Waals surface area contributed by atoms with Crippen molar-refractivity contribution in [2.45, 2.75) is 49.5 Å². The number of carbonyl (C=O) groups excluding carboxylic acids is 2. The second kappa shape index (κ2) is 9.19. The Morgan fingerprint density at radius 2 is 2.12 bits per heavy atom. The second-order valence-corrected chi connectivity index (χ2v) is 8.44. The number of para-hydroxylation sites is 1. The smallest absolute Gasteiger partial charge is 0.407 e. The molecule has 1 aromatic carbocycles. The van der Waals surface area contributed by atoms with Gasteiger partial charge in [0.05, 0.1) is 6.34 Å². The van der Waals surface area contributed by atoms with Crippen molar-refractivity contribution in [3.8, 4) is 0 Å². The highest BCUT2D eigenvalue weighted by Gasteiger charge is 2.51. The Morgan fingerprint density at radius 1 is 1.29 bits per heavy atom. The maximum Gasteiger partial charge on any atom is 0.407 e. The third kappa shape index (κ3) is 4.19. The predicted molar refractivity (Wildman–Crippen MR) is 119 cm³/mol. The van der Waals surface area contributed by atoms with Crippen LogP contribution in [0.1, 0.15) is 5.56 Å². The van der Waals surface area contributed by atoms with Gasteiger partial charge in [0.15, 0.2) is 12.3 Å². The predicted octanol–water partition coefficient (Wildman–Crippen LogP) is -2.12. The van der Waals surface area contributed by atoms with E-state index in [1.54, 1.807) is 0 Å². The highest BCUT2D eigenvalue weighted by Crippen LogP contribution is 2.28. The van der Waals surface area contributed by atoms with Crippen molar-refractivity contribution in [1.29, 1.82) is 0 Å². The minimum Gasteiger partial charge on any atom is -0.447 e. The van der Waals surface area contributed by atoms with Crippen LogP contribution in [0.2, 0.25) is 0 Å². The monoisotopic (exact) mass is 473 g/mol. The minimum atomic E-state index is -1.31. The molecule has 13 nitrogen and oxygen atoms in total. The maximum absolute atomic E-state index is 12.1.